The van der Waals surface area contributed by atoms with Crippen molar-refractivity contribution in [3.05, 3.63) is 23.3 Å². The SMILES string of the molecule is Cc1ccc(C)c(S(=O)(=O)NCCNC(=O)OC(C)(C)C)c1N. The maximum atomic E-state index is 12.4. The van der Waals surface area contributed by atoms with Crippen LogP contribution in [0, 0.1) is 13.8 Å². The third-order valence-corrected chi connectivity index (χ3v) is 4.63. The quantitative estimate of drug-likeness (QED) is 0.556. The normalized spacial score (nSPS) is 12.0. The Kier molecular flexibility index (Phi) is 6.01. The number of amides is 1. The molecule has 0 aromatic heterocycles. The molecule has 0 bridgehead atoms. The van der Waals surface area contributed by atoms with Crippen molar-refractivity contribution in [1.29, 1.82) is 0 Å². The van der Waals surface area contributed by atoms with Gasteiger partial charge in [-0.2, -0.15) is 0 Å². The molecular weight excluding hydrogens is 318 g/mol. The summed E-state index contributed by atoms with van der Waals surface area (Å²) in [5, 5.41) is 2.48. The lowest BCUT2D eigenvalue weighted by molar-refractivity contribution is 0.0529. The molecule has 0 atom stereocenters. The minimum absolute atomic E-state index is 0.0361. The number of aryl methyl sites for hydroxylation is 2. The predicted molar refractivity (Wildman–Crippen MR) is 89.8 cm³/mol. The molecule has 7 nitrogen and oxygen atoms in total. The fraction of sp³-hybridized carbons (Fsp3) is 0.533. The monoisotopic (exact) mass is 343 g/mol. The van der Waals surface area contributed by atoms with Crippen LogP contribution in [0.1, 0.15) is 31.9 Å². The van der Waals surface area contributed by atoms with Crippen LogP contribution in [0.5, 0.6) is 0 Å². The number of alkyl carbamates (subject to hydrolysis) is 1. The van der Waals surface area contributed by atoms with Gasteiger partial charge in [0.05, 0.1) is 5.69 Å². The van der Waals surface area contributed by atoms with E-state index in [0.29, 0.717) is 11.1 Å². The summed E-state index contributed by atoms with van der Waals surface area (Å²) in [7, 11) is -3.74. The number of sulfonamides is 1. The van der Waals surface area contributed by atoms with Crippen molar-refractivity contribution < 1.29 is 17.9 Å². The number of hydrogen-bond acceptors (Lipinski definition) is 5. The van der Waals surface area contributed by atoms with Gasteiger partial charge in [0.15, 0.2) is 0 Å². The molecule has 0 unspecified atom stereocenters. The minimum atomic E-state index is -3.74. The molecule has 1 rings (SSSR count). The fourth-order valence-corrected chi connectivity index (χ4v) is 3.36. The van der Waals surface area contributed by atoms with Gasteiger partial charge < -0.3 is 15.8 Å². The van der Waals surface area contributed by atoms with Gasteiger partial charge >= 0.3 is 6.09 Å². The largest absolute Gasteiger partial charge is 0.444 e. The zero-order valence-electron chi connectivity index (χ0n) is 14.2. The molecule has 4 N–H and O–H groups in total. The van der Waals surface area contributed by atoms with E-state index in [9.17, 15) is 13.2 Å². The Morgan fingerprint density at radius 2 is 1.74 bits per heavy atom. The van der Waals surface area contributed by atoms with Crippen LogP contribution in [0.3, 0.4) is 0 Å². The topological polar surface area (TPSA) is 111 Å². The molecule has 0 radical (unpaired) electrons. The van der Waals surface area contributed by atoms with Crippen molar-refractivity contribution >= 4 is 21.8 Å². The van der Waals surface area contributed by atoms with E-state index in [2.05, 4.69) is 10.0 Å². The van der Waals surface area contributed by atoms with Gasteiger partial charge in [0.25, 0.3) is 0 Å². The van der Waals surface area contributed by atoms with Gasteiger partial charge in [-0.25, -0.2) is 17.9 Å². The molecule has 23 heavy (non-hydrogen) atoms. The Bertz CT molecular complexity index is 679. The lowest BCUT2D eigenvalue weighted by Crippen LogP contribution is -2.38. The van der Waals surface area contributed by atoms with Crippen molar-refractivity contribution in [3.63, 3.8) is 0 Å². The maximum absolute atomic E-state index is 12.4. The van der Waals surface area contributed by atoms with Gasteiger partial charge in [0.1, 0.15) is 10.5 Å². The summed E-state index contributed by atoms with van der Waals surface area (Å²) in [6.07, 6.45) is -0.594. The van der Waals surface area contributed by atoms with E-state index in [1.165, 1.54) is 0 Å². The maximum Gasteiger partial charge on any atom is 0.407 e. The third kappa shape index (κ3) is 5.72. The van der Waals surface area contributed by atoms with Gasteiger partial charge in [0, 0.05) is 13.1 Å². The number of benzene rings is 1. The number of ether oxygens (including phenoxy) is 1. The Hall–Kier alpha value is -1.80. The second-order valence-corrected chi connectivity index (χ2v) is 7.97. The first-order chi connectivity index (χ1) is 10.4. The van der Waals surface area contributed by atoms with Crippen LogP contribution in [0.4, 0.5) is 10.5 Å². The van der Waals surface area contributed by atoms with Crippen LogP contribution < -0.4 is 15.8 Å². The van der Waals surface area contributed by atoms with Crippen LogP contribution in [-0.4, -0.2) is 33.2 Å². The summed E-state index contributed by atoms with van der Waals surface area (Å²) >= 11 is 0. The van der Waals surface area contributed by atoms with Gasteiger partial charge in [-0.05, 0) is 45.7 Å². The zero-order chi connectivity index (χ0) is 17.8. The van der Waals surface area contributed by atoms with Gasteiger partial charge in [0.2, 0.25) is 10.0 Å². The molecule has 0 heterocycles. The number of nitrogens with two attached hydrogens (primary N) is 1. The molecular formula is C15H25N3O4S. The summed E-state index contributed by atoms with van der Waals surface area (Å²) in [5.74, 6) is 0. The molecule has 0 aliphatic carbocycles. The molecule has 130 valence electrons. The van der Waals surface area contributed by atoms with E-state index in [1.807, 2.05) is 0 Å². The second-order valence-electron chi connectivity index (χ2n) is 6.27. The number of hydrogen-bond donors (Lipinski definition) is 3. The summed E-state index contributed by atoms with van der Waals surface area (Å²) in [6, 6.07) is 3.48. The summed E-state index contributed by atoms with van der Waals surface area (Å²) in [4.78, 5) is 11.6. The number of carbonyl (C=O) groups is 1. The number of rotatable bonds is 5. The molecule has 0 spiro atoms. The lowest BCUT2D eigenvalue weighted by Gasteiger charge is -2.19. The van der Waals surface area contributed by atoms with Crippen molar-refractivity contribution in [2.24, 2.45) is 0 Å². The van der Waals surface area contributed by atoms with E-state index in [4.69, 9.17) is 10.5 Å². The summed E-state index contributed by atoms with van der Waals surface area (Å²) < 4.78 is 32.2. The summed E-state index contributed by atoms with van der Waals surface area (Å²) in [6.45, 7) is 8.82. The van der Waals surface area contributed by atoms with Crippen LogP contribution in [0.2, 0.25) is 0 Å². The minimum Gasteiger partial charge on any atom is -0.444 e. The van der Waals surface area contributed by atoms with Crippen LogP contribution >= 0.6 is 0 Å². The smallest absolute Gasteiger partial charge is 0.407 e. The molecule has 0 fully saturated rings. The molecule has 8 heteroatoms. The van der Waals surface area contributed by atoms with Crippen molar-refractivity contribution in [3.8, 4) is 0 Å². The molecule has 1 aromatic rings. The predicted octanol–water partition coefficient (Wildman–Crippen LogP) is 1.69. The average Bonchev–Trinajstić information content (AvgIpc) is 2.37. The zero-order valence-corrected chi connectivity index (χ0v) is 15.0. The van der Waals surface area contributed by atoms with Gasteiger partial charge in [-0.15, -0.1) is 0 Å². The first-order valence-corrected chi connectivity index (χ1v) is 8.74. The molecule has 1 aromatic carbocycles. The highest BCUT2D eigenvalue weighted by molar-refractivity contribution is 7.89. The Morgan fingerprint density at radius 1 is 1.17 bits per heavy atom. The van der Waals surface area contributed by atoms with E-state index in [0.717, 1.165) is 0 Å². The first-order valence-electron chi connectivity index (χ1n) is 7.26. The molecule has 0 aliphatic heterocycles. The molecule has 1 amide bonds. The van der Waals surface area contributed by atoms with Gasteiger partial charge in [-0.3, -0.25) is 0 Å². The summed E-state index contributed by atoms with van der Waals surface area (Å²) in [5.41, 5.74) is 6.78. The Balaban J connectivity index is 2.65. The highest BCUT2D eigenvalue weighted by Crippen LogP contribution is 2.25. The number of carbonyl (C=O) groups excluding carboxylic acids is 1. The number of nitrogens with one attached hydrogen (secondary N) is 2. The number of nitrogen functional groups attached to an aromatic ring is 1. The van der Waals surface area contributed by atoms with E-state index in [-0.39, 0.29) is 23.7 Å². The molecule has 0 aliphatic rings. The standard InChI is InChI=1S/C15H25N3O4S/c1-10-6-7-11(2)13(12(10)16)23(20,21)18-9-8-17-14(19)22-15(3,4)5/h6-7,18H,8-9,16H2,1-5H3,(H,17,19). The second kappa shape index (κ2) is 7.18. The fourth-order valence-electron chi connectivity index (χ4n) is 1.90. The first kappa shape index (κ1) is 19.2. The van der Waals surface area contributed by atoms with E-state index >= 15 is 0 Å². The molecule has 0 saturated carbocycles. The Morgan fingerprint density at radius 3 is 2.30 bits per heavy atom. The number of anilines is 1. The molecule has 0 saturated heterocycles. The highest BCUT2D eigenvalue weighted by atomic mass is 32.2. The lowest BCUT2D eigenvalue weighted by atomic mass is 10.1. The average molecular weight is 343 g/mol. The van der Waals surface area contributed by atoms with Crippen LogP contribution in [-0.2, 0) is 14.8 Å². The van der Waals surface area contributed by atoms with Crippen molar-refractivity contribution in [2.45, 2.75) is 45.1 Å². The Labute approximate surface area is 137 Å². The van der Waals surface area contributed by atoms with Crippen molar-refractivity contribution in [1.82, 2.24) is 10.0 Å². The van der Waals surface area contributed by atoms with Crippen molar-refractivity contribution in [2.75, 3.05) is 18.8 Å². The van der Waals surface area contributed by atoms with E-state index in [1.54, 1.807) is 46.8 Å². The van der Waals surface area contributed by atoms with Gasteiger partial charge in [-0.1, -0.05) is 12.1 Å². The van der Waals surface area contributed by atoms with E-state index < -0.39 is 21.7 Å². The van der Waals surface area contributed by atoms with Crippen LogP contribution in [0.15, 0.2) is 17.0 Å². The van der Waals surface area contributed by atoms with Crippen LogP contribution in [0.25, 0.3) is 0 Å². The highest BCUT2D eigenvalue weighted by Gasteiger charge is 2.21. The third-order valence-electron chi connectivity index (χ3n) is 2.96.